The standard InChI is InChI=1S/C19H19BN4O4S2/c1-10-3-2-4-11-5-12(20(27)28-17(10)11)6-15(25)16(13-8-30-19(21)23-13)24-18(26)14-7-29-9-22-14/h2-4,7-9,12,16,27H,5-6H2,1H3,(H2,21,23)(H,24,26)/t12-,16?/m1/s1. The van der Waals surface area contributed by atoms with Gasteiger partial charge in [0.05, 0.1) is 11.2 Å². The van der Waals surface area contributed by atoms with Crippen molar-refractivity contribution >= 4 is 46.6 Å². The fourth-order valence-corrected chi connectivity index (χ4v) is 4.59. The maximum atomic E-state index is 13.2. The van der Waals surface area contributed by atoms with Gasteiger partial charge in [0.1, 0.15) is 17.5 Å². The molecule has 0 radical (unpaired) electrons. The molecule has 3 heterocycles. The van der Waals surface area contributed by atoms with Crippen LogP contribution in [0.4, 0.5) is 5.13 Å². The summed E-state index contributed by atoms with van der Waals surface area (Å²) in [6, 6.07) is 4.77. The zero-order valence-electron chi connectivity index (χ0n) is 16.1. The van der Waals surface area contributed by atoms with Crippen LogP contribution in [0.5, 0.6) is 5.75 Å². The number of anilines is 1. The summed E-state index contributed by atoms with van der Waals surface area (Å²) in [5.74, 6) is -0.536. The second kappa shape index (κ2) is 8.54. The number of para-hydroxylation sites is 1. The summed E-state index contributed by atoms with van der Waals surface area (Å²) in [6.45, 7) is 1.91. The highest BCUT2D eigenvalue weighted by molar-refractivity contribution is 7.13. The van der Waals surface area contributed by atoms with Crippen molar-refractivity contribution < 1.29 is 19.3 Å². The minimum absolute atomic E-state index is 0.00793. The second-order valence-electron chi connectivity index (χ2n) is 7.10. The molecule has 3 aromatic rings. The van der Waals surface area contributed by atoms with Crippen molar-refractivity contribution in [2.24, 2.45) is 0 Å². The van der Waals surface area contributed by atoms with Crippen LogP contribution in [-0.4, -0.2) is 33.8 Å². The van der Waals surface area contributed by atoms with Gasteiger partial charge in [0.15, 0.2) is 10.9 Å². The predicted molar refractivity (Wildman–Crippen MR) is 116 cm³/mol. The summed E-state index contributed by atoms with van der Waals surface area (Å²) >= 11 is 2.48. The van der Waals surface area contributed by atoms with E-state index in [-0.39, 0.29) is 17.9 Å². The maximum absolute atomic E-state index is 13.2. The molecule has 30 heavy (non-hydrogen) atoms. The molecular weight excluding hydrogens is 423 g/mol. The van der Waals surface area contributed by atoms with Gasteiger partial charge >= 0.3 is 7.12 Å². The average molecular weight is 442 g/mol. The zero-order valence-corrected chi connectivity index (χ0v) is 17.7. The number of aryl methyl sites for hydroxylation is 1. The van der Waals surface area contributed by atoms with E-state index in [9.17, 15) is 14.6 Å². The van der Waals surface area contributed by atoms with Gasteiger partial charge in [-0.25, -0.2) is 9.97 Å². The van der Waals surface area contributed by atoms with Gasteiger partial charge in [-0.2, -0.15) is 0 Å². The number of thiazole rings is 2. The van der Waals surface area contributed by atoms with Crippen LogP contribution < -0.4 is 15.7 Å². The largest absolute Gasteiger partial charge is 0.536 e. The van der Waals surface area contributed by atoms with Crippen LogP contribution in [0, 0.1) is 6.92 Å². The fourth-order valence-electron chi connectivity index (χ4n) is 3.47. The number of Topliss-reactive ketones (excluding diaryl/α,β-unsaturated/α-hetero) is 1. The van der Waals surface area contributed by atoms with Gasteiger partial charge in [-0.3, -0.25) is 9.59 Å². The number of nitrogens with one attached hydrogen (secondary N) is 1. The molecule has 8 nitrogen and oxygen atoms in total. The molecule has 11 heteroatoms. The lowest BCUT2D eigenvalue weighted by Gasteiger charge is -2.29. The van der Waals surface area contributed by atoms with E-state index in [1.165, 1.54) is 22.7 Å². The molecule has 4 rings (SSSR count). The smallest absolute Gasteiger partial charge is 0.526 e. The SMILES string of the molecule is Cc1cccc2c1OB(O)[C@@H](CC(=O)C(NC(=O)c1cscn1)c1csc(N)n1)C2. The van der Waals surface area contributed by atoms with E-state index in [1.807, 2.05) is 25.1 Å². The number of nitrogens with zero attached hydrogens (tertiary/aromatic N) is 2. The Morgan fingerprint density at radius 3 is 2.97 bits per heavy atom. The molecule has 1 aromatic carbocycles. The molecule has 1 unspecified atom stereocenters. The van der Waals surface area contributed by atoms with Crippen LogP contribution >= 0.6 is 22.7 Å². The third-order valence-corrected chi connectivity index (χ3v) is 6.26. The molecule has 1 aliphatic heterocycles. The molecule has 0 fully saturated rings. The first kappa shape index (κ1) is 20.5. The van der Waals surface area contributed by atoms with Crippen molar-refractivity contribution in [3.63, 3.8) is 0 Å². The Balaban J connectivity index is 1.54. The number of nitrogens with two attached hydrogens (primary N) is 1. The Bertz CT molecular complexity index is 1070. The van der Waals surface area contributed by atoms with Gasteiger partial charge in [0, 0.05) is 23.0 Å². The first-order valence-corrected chi connectivity index (χ1v) is 11.1. The number of rotatable bonds is 6. The van der Waals surface area contributed by atoms with Gasteiger partial charge in [-0.1, -0.05) is 18.2 Å². The minimum atomic E-state index is -1.11. The predicted octanol–water partition coefficient (Wildman–Crippen LogP) is 2.41. The minimum Gasteiger partial charge on any atom is -0.536 e. The van der Waals surface area contributed by atoms with E-state index in [4.69, 9.17) is 10.4 Å². The van der Waals surface area contributed by atoms with Crippen LogP contribution in [0.2, 0.25) is 5.82 Å². The normalized spacial score (nSPS) is 16.5. The molecule has 0 spiro atoms. The Hall–Kier alpha value is -2.76. The molecule has 1 aliphatic rings. The number of hydrogen-bond acceptors (Lipinski definition) is 9. The summed E-state index contributed by atoms with van der Waals surface area (Å²) < 4.78 is 5.68. The van der Waals surface area contributed by atoms with Crippen LogP contribution in [-0.2, 0) is 11.2 Å². The molecule has 2 atom stereocenters. The first-order chi connectivity index (χ1) is 14.4. The van der Waals surface area contributed by atoms with Gasteiger partial charge in [-0.05, 0) is 24.5 Å². The van der Waals surface area contributed by atoms with Gasteiger partial charge in [0.25, 0.3) is 5.91 Å². The highest BCUT2D eigenvalue weighted by Crippen LogP contribution is 2.36. The fraction of sp³-hybridized carbons (Fsp3) is 0.263. The molecule has 154 valence electrons. The molecule has 0 aliphatic carbocycles. The van der Waals surface area contributed by atoms with Crippen LogP contribution in [0.15, 0.2) is 34.5 Å². The van der Waals surface area contributed by atoms with Crippen molar-refractivity contribution in [1.82, 2.24) is 15.3 Å². The number of carbonyl (C=O) groups is 2. The third-order valence-electron chi connectivity index (χ3n) is 4.98. The molecule has 4 N–H and O–H groups in total. The quantitative estimate of drug-likeness (QED) is 0.500. The molecule has 1 amide bonds. The topological polar surface area (TPSA) is 127 Å². The lowest BCUT2D eigenvalue weighted by atomic mass is 9.64. The van der Waals surface area contributed by atoms with Crippen molar-refractivity contribution in [2.75, 3.05) is 5.73 Å². The first-order valence-electron chi connectivity index (χ1n) is 9.28. The van der Waals surface area contributed by atoms with Gasteiger partial charge < -0.3 is 20.7 Å². The molecule has 0 bridgehead atoms. The number of ketones is 1. The summed E-state index contributed by atoms with van der Waals surface area (Å²) in [7, 11) is -1.11. The van der Waals surface area contributed by atoms with Crippen LogP contribution in [0.3, 0.4) is 0 Å². The van der Waals surface area contributed by atoms with Gasteiger partial charge in [0.2, 0.25) is 0 Å². The van der Waals surface area contributed by atoms with E-state index in [1.54, 1.807) is 16.3 Å². The van der Waals surface area contributed by atoms with Gasteiger partial charge in [-0.15, -0.1) is 22.7 Å². The number of amides is 1. The monoisotopic (exact) mass is 442 g/mol. The van der Waals surface area contributed by atoms with Crippen molar-refractivity contribution in [3.8, 4) is 5.75 Å². The number of hydrogen-bond donors (Lipinski definition) is 3. The Morgan fingerprint density at radius 2 is 2.27 bits per heavy atom. The second-order valence-corrected chi connectivity index (χ2v) is 8.71. The van der Waals surface area contributed by atoms with E-state index < -0.39 is 24.9 Å². The maximum Gasteiger partial charge on any atom is 0.526 e. The third kappa shape index (κ3) is 4.23. The number of carbonyl (C=O) groups excluding carboxylic acids is 2. The van der Waals surface area contributed by atoms with Crippen LogP contribution in [0.25, 0.3) is 0 Å². The molecule has 0 saturated heterocycles. The van der Waals surface area contributed by atoms with Crippen molar-refractivity contribution in [3.05, 3.63) is 57.0 Å². The summed E-state index contributed by atoms with van der Waals surface area (Å²) in [5.41, 5.74) is 9.75. The number of benzene rings is 1. The Kier molecular flexibility index (Phi) is 5.84. The van der Waals surface area contributed by atoms with Crippen LogP contribution in [0.1, 0.15) is 39.8 Å². The van der Waals surface area contributed by atoms with E-state index in [2.05, 4.69) is 15.3 Å². The summed E-state index contributed by atoms with van der Waals surface area (Å²) in [4.78, 5) is 33.8. The Labute approximate surface area is 181 Å². The molecule has 0 saturated carbocycles. The number of aromatic nitrogens is 2. The number of nitrogen functional groups attached to an aromatic ring is 1. The lowest BCUT2D eigenvalue weighted by Crippen LogP contribution is -2.39. The van der Waals surface area contributed by atoms with Crippen molar-refractivity contribution in [2.45, 2.75) is 31.6 Å². The average Bonchev–Trinajstić information content (AvgIpc) is 3.39. The summed E-state index contributed by atoms with van der Waals surface area (Å²) in [6.07, 6.45) is 0.504. The lowest BCUT2D eigenvalue weighted by molar-refractivity contribution is -0.121. The Morgan fingerprint density at radius 1 is 1.43 bits per heavy atom. The molecule has 2 aromatic heterocycles. The number of fused-ring (bicyclic) bond motifs is 1. The van der Waals surface area contributed by atoms with E-state index in [0.717, 1.165) is 11.1 Å². The van der Waals surface area contributed by atoms with Crippen molar-refractivity contribution in [1.29, 1.82) is 0 Å². The summed E-state index contributed by atoms with van der Waals surface area (Å²) in [5, 5.41) is 16.7. The van der Waals surface area contributed by atoms with E-state index in [0.29, 0.717) is 23.0 Å². The van der Waals surface area contributed by atoms with E-state index >= 15 is 0 Å². The highest BCUT2D eigenvalue weighted by Gasteiger charge is 2.38. The molecular formula is C19H19BN4O4S2. The zero-order chi connectivity index (χ0) is 21.3. The highest BCUT2D eigenvalue weighted by atomic mass is 32.1.